The quantitative estimate of drug-likeness (QED) is 0.435. The molecule has 158 valence electrons. The van der Waals surface area contributed by atoms with Gasteiger partial charge in [-0.2, -0.15) is 5.10 Å². The molecule has 0 radical (unpaired) electrons. The van der Waals surface area contributed by atoms with E-state index in [0.717, 1.165) is 55.1 Å². The monoisotopic (exact) mass is 432 g/mol. The summed E-state index contributed by atoms with van der Waals surface area (Å²) in [6.45, 7) is 3.65. The average Bonchev–Trinajstić information content (AvgIpc) is 3.44. The minimum atomic E-state index is 0.465. The molecule has 0 aliphatic carbocycles. The van der Waals surface area contributed by atoms with Gasteiger partial charge < -0.3 is 4.74 Å². The lowest BCUT2D eigenvalue weighted by Crippen LogP contribution is -2.20. The van der Waals surface area contributed by atoms with E-state index in [1.165, 1.54) is 10.9 Å². The first-order valence-corrected chi connectivity index (χ1v) is 11.1. The topological polar surface area (TPSA) is 54.0 Å². The molecule has 4 aromatic rings. The van der Waals surface area contributed by atoms with Crippen LogP contribution in [-0.2, 0) is 13.0 Å². The fraction of sp³-hybridized carbons (Fsp3) is 0.280. The molecule has 0 saturated carbocycles. The van der Waals surface area contributed by atoms with Gasteiger partial charge >= 0.3 is 0 Å². The second-order valence-electron chi connectivity index (χ2n) is 8.08. The number of fused-ring (bicyclic) bond motifs is 1. The molecule has 1 fully saturated rings. The Bertz CT molecular complexity index is 1170. The lowest BCUT2D eigenvalue weighted by atomic mass is 10.0. The molecular formula is C25H25ClN4O. The summed E-state index contributed by atoms with van der Waals surface area (Å²) >= 11 is 6.01. The summed E-state index contributed by atoms with van der Waals surface area (Å²) in [4.78, 5) is 7.00. The van der Waals surface area contributed by atoms with Crippen LogP contribution in [0.2, 0.25) is 5.02 Å². The van der Waals surface area contributed by atoms with E-state index in [1.54, 1.807) is 0 Å². The molecule has 0 spiro atoms. The Morgan fingerprint density at radius 3 is 2.97 bits per heavy atom. The number of H-pyrrole nitrogens is 1. The highest BCUT2D eigenvalue weighted by molar-refractivity contribution is 6.30. The third kappa shape index (κ3) is 4.73. The zero-order valence-corrected chi connectivity index (χ0v) is 18.1. The van der Waals surface area contributed by atoms with Gasteiger partial charge in [0.1, 0.15) is 5.75 Å². The summed E-state index contributed by atoms with van der Waals surface area (Å²) in [7, 11) is 0. The van der Waals surface area contributed by atoms with E-state index in [-0.39, 0.29) is 0 Å². The molecule has 1 saturated heterocycles. The Hall–Kier alpha value is -2.89. The number of nitrogens with zero attached hydrogens (tertiary/aromatic N) is 3. The number of pyridine rings is 1. The zero-order valence-electron chi connectivity index (χ0n) is 17.3. The molecule has 0 bridgehead atoms. The smallest absolute Gasteiger partial charge is 0.120 e. The maximum absolute atomic E-state index is 6.01. The maximum Gasteiger partial charge on any atom is 0.120 e. The normalized spacial score (nSPS) is 16.7. The molecule has 1 aliphatic rings. The highest BCUT2D eigenvalue weighted by atomic mass is 35.5. The molecule has 2 aromatic carbocycles. The van der Waals surface area contributed by atoms with E-state index in [2.05, 4.69) is 50.4 Å². The molecule has 0 amide bonds. The Morgan fingerprint density at radius 2 is 2.03 bits per heavy atom. The van der Waals surface area contributed by atoms with Crippen LogP contribution in [-0.4, -0.2) is 39.8 Å². The summed E-state index contributed by atoms with van der Waals surface area (Å²) in [6.07, 6.45) is 3.78. The van der Waals surface area contributed by atoms with Crippen LogP contribution >= 0.6 is 11.6 Å². The van der Waals surface area contributed by atoms with Crippen molar-refractivity contribution in [3.8, 4) is 5.75 Å². The summed E-state index contributed by atoms with van der Waals surface area (Å²) in [6, 6.07) is 20.3. The largest absolute Gasteiger partial charge is 0.493 e. The van der Waals surface area contributed by atoms with Crippen molar-refractivity contribution >= 4 is 22.5 Å². The molecule has 1 N–H and O–H groups in total. The van der Waals surface area contributed by atoms with Crippen LogP contribution in [0.15, 0.2) is 66.9 Å². The second kappa shape index (κ2) is 9.08. The van der Waals surface area contributed by atoms with E-state index in [4.69, 9.17) is 16.3 Å². The predicted molar refractivity (Wildman–Crippen MR) is 124 cm³/mol. The van der Waals surface area contributed by atoms with Crippen LogP contribution in [0.3, 0.4) is 0 Å². The highest BCUT2D eigenvalue weighted by Crippen LogP contribution is 2.29. The first-order valence-electron chi connectivity index (χ1n) is 10.7. The van der Waals surface area contributed by atoms with Gasteiger partial charge in [-0.25, -0.2) is 0 Å². The van der Waals surface area contributed by atoms with Crippen molar-refractivity contribution in [3.63, 3.8) is 0 Å². The Kier molecular flexibility index (Phi) is 5.87. The number of rotatable bonds is 7. The highest BCUT2D eigenvalue weighted by Gasteiger charge is 2.26. The lowest BCUT2D eigenvalue weighted by Gasteiger charge is -2.17. The number of ether oxygens (including phenoxy) is 1. The van der Waals surface area contributed by atoms with Crippen molar-refractivity contribution in [1.29, 1.82) is 0 Å². The van der Waals surface area contributed by atoms with Crippen molar-refractivity contribution < 1.29 is 4.74 Å². The first kappa shape index (κ1) is 20.0. The number of aromatic amines is 1. The Labute approximate surface area is 187 Å². The van der Waals surface area contributed by atoms with Crippen molar-refractivity contribution in [2.24, 2.45) is 0 Å². The number of aromatic nitrogens is 3. The molecule has 6 heteroatoms. The Morgan fingerprint density at radius 1 is 1.10 bits per heavy atom. The molecule has 5 rings (SSSR count). The van der Waals surface area contributed by atoms with Crippen molar-refractivity contribution in [2.45, 2.75) is 25.3 Å². The number of nitrogens with one attached hydrogen (secondary N) is 1. The number of halogens is 1. The zero-order chi connectivity index (χ0) is 21.0. The van der Waals surface area contributed by atoms with Gasteiger partial charge in [-0.1, -0.05) is 35.9 Å². The second-order valence-corrected chi connectivity index (χ2v) is 8.52. The van der Waals surface area contributed by atoms with Crippen LogP contribution in [0.25, 0.3) is 10.9 Å². The van der Waals surface area contributed by atoms with Gasteiger partial charge in [0.2, 0.25) is 0 Å². The first-order chi connectivity index (χ1) is 15.2. The summed E-state index contributed by atoms with van der Waals surface area (Å²) in [5, 5.41) is 9.71. The number of likely N-dealkylation sites (tertiary alicyclic amines) is 1. The number of benzene rings is 2. The minimum Gasteiger partial charge on any atom is -0.493 e. The minimum absolute atomic E-state index is 0.465. The molecule has 5 nitrogen and oxygen atoms in total. The van der Waals surface area contributed by atoms with Crippen LogP contribution in [0.5, 0.6) is 5.75 Å². The van der Waals surface area contributed by atoms with Gasteiger partial charge in [0.15, 0.2) is 0 Å². The van der Waals surface area contributed by atoms with E-state index in [1.807, 2.05) is 36.5 Å². The van der Waals surface area contributed by atoms with Crippen LogP contribution in [0, 0.1) is 0 Å². The SMILES string of the molecule is Clc1cccc(OCCc2cc([C@H]3CCN(Cc4cccc5ncccc45)C3)n[nH]2)c1. The van der Waals surface area contributed by atoms with Gasteiger partial charge in [-0.15, -0.1) is 0 Å². The third-order valence-corrected chi connectivity index (χ3v) is 6.14. The predicted octanol–water partition coefficient (Wildman–Crippen LogP) is 5.22. The van der Waals surface area contributed by atoms with Crippen molar-refractivity contribution in [1.82, 2.24) is 20.1 Å². The summed E-state index contributed by atoms with van der Waals surface area (Å²) in [5.41, 5.74) is 4.66. The lowest BCUT2D eigenvalue weighted by molar-refractivity contribution is 0.320. The Balaban J connectivity index is 1.16. The standard InChI is InChI=1S/C25H25ClN4O/c26-20-5-2-6-22(14-20)31-13-10-21-15-25(29-28-21)19-9-12-30(17-19)16-18-4-1-8-24-23(18)7-3-11-27-24/h1-8,11,14-15,19H,9-10,12-13,16-17H2,(H,28,29)/t19-/m0/s1. The van der Waals surface area contributed by atoms with Gasteiger partial charge in [0, 0.05) is 47.7 Å². The molecule has 2 aromatic heterocycles. The molecule has 0 unspecified atom stereocenters. The molecular weight excluding hydrogens is 408 g/mol. The van der Waals surface area contributed by atoms with Gasteiger partial charge in [-0.3, -0.25) is 15.0 Å². The van der Waals surface area contributed by atoms with E-state index >= 15 is 0 Å². The van der Waals surface area contributed by atoms with Crippen molar-refractivity contribution in [2.75, 3.05) is 19.7 Å². The third-order valence-electron chi connectivity index (χ3n) is 5.91. The molecule has 1 aliphatic heterocycles. The van der Waals surface area contributed by atoms with Gasteiger partial charge in [0.25, 0.3) is 0 Å². The fourth-order valence-electron chi connectivity index (χ4n) is 4.32. The van der Waals surface area contributed by atoms with Crippen LogP contribution in [0.4, 0.5) is 0 Å². The fourth-order valence-corrected chi connectivity index (χ4v) is 4.50. The van der Waals surface area contributed by atoms with Gasteiger partial charge in [-0.05, 0) is 54.9 Å². The van der Waals surface area contributed by atoms with E-state index in [0.29, 0.717) is 17.5 Å². The molecule has 1 atom stereocenters. The van der Waals surface area contributed by atoms with Crippen molar-refractivity contribution in [3.05, 3.63) is 88.8 Å². The van der Waals surface area contributed by atoms with Crippen LogP contribution in [0.1, 0.15) is 29.3 Å². The van der Waals surface area contributed by atoms with Crippen LogP contribution < -0.4 is 4.74 Å². The van der Waals surface area contributed by atoms with E-state index in [9.17, 15) is 0 Å². The number of hydrogen-bond donors (Lipinski definition) is 1. The van der Waals surface area contributed by atoms with Gasteiger partial charge in [0.05, 0.1) is 17.8 Å². The number of hydrogen-bond acceptors (Lipinski definition) is 4. The average molecular weight is 433 g/mol. The summed E-state index contributed by atoms with van der Waals surface area (Å²) < 4.78 is 5.80. The van der Waals surface area contributed by atoms with E-state index < -0.39 is 0 Å². The maximum atomic E-state index is 6.01. The summed E-state index contributed by atoms with van der Waals surface area (Å²) in [5.74, 6) is 1.26. The molecule has 31 heavy (non-hydrogen) atoms. The molecule has 3 heterocycles.